The van der Waals surface area contributed by atoms with Crippen molar-refractivity contribution in [3.05, 3.63) is 29.8 Å². The van der Waals surface area contributed by atoms with E-state index >= 15 is 0 Å². The van der Waals surface area contributed by atoms with Gasteiger partial charge < -0.3 is 14.4 Å². The Kier molecular flexibility index (Phi) is 5.55. The molecule has 1 saturated heterocycles. The summed E-state index contributed by atoms with van der Waals surface area (Å²) in [6, 6.07) is 7.97. The first-order valence-corrected chi connectivity index (χ1v) is 8.79. The van der Waals surface area contributed by atoms with Crippen LogP contribution in [0.3, 0.4) is 0 Å². The summed E-state index contributed by atoms with van der Waals surface area (Å²) in [6.07, 6.45) is 6.80. The molecule has 4 heteroatoms. The molecule has 2 fully saturated rings. The van der Waals surface area contributed by atoms with Crippen LogP contribution in [0.25, 0.3) is 0 Å². The molecule has 0 aromatic heterocycles. The van der Waals surface area contributed by atoms with Crippen LogP contribution >= 0.6 is 0 Å². The molecular weight excluding hydrogens is 290 g/mol. The molecule has 1 unspecified atom stereocenters. The van der Waals surface area contributed by atoms with Gasteiger partial charge in [-0.05, 0) is 43.4 Å². The monoisotopic (exact) mass is 317 g/mol. The normalized spacial score (nSPS) is 22.3. The van der Waals surface area contributed by atoms with E-state index in [-0.39, 0.29) is 12.0 Å². The fourth-order valence-corrected chi connectivity index (χ4v) is 3.68. The van der Waals surface area contributed by atoms with Gasteiger partial charge >= 0.3 is 0 Å². The molecule has 1 atom stereocenters. The van der Waals surface area contributed by atoms with Gasteiger partial charge in [0, 0.05) is 19.0 Å². The van der Waals surface area contributed by atoms with Gasteiger partial charge in [0.15, 0.2) is 0 Å². The Morgan fingerprint density at radius 2 is 2.04 bits per heavy atom. The summed E-state index contributed by atoms with van der Waals surface area (Å²) in [6.45, 7) is 2.22. The second-order valence-electron chi connectivity index (χ2n) is 6.69. The highest BCUT2D eigenvalue weighted by molar-refractivity contribution is 5.79. The van der Waals surface area contributed by atoms with Crippen LogP contribution in [-0.4, -0.2) is 37.1 Å². The predicted octanol–water partition coefficient (Wildman–Crippen LogP) is 3.39. The lowest BCUT2D eigenvalue weighted by atomic mass is 10.0. The third kappa shape index (κ3) is 4.25. The average molecular weight is 317 g/mol. The first kappa shape index (κ1) is 16.3. The van der Waals surface area contributed by atoms with Crippen molar-refractivity contribution < 1.29 is 14.3 Å². The van der Waals surface area contributed by atoms with Gasteiger partial charge in [0.1, 0.15) is 5.75 Å². The van der Waals surface area contributed by atoms with Crippen molar-refractivity contribution in [3.63, 3.8) is 0 Å². The Bertz CT molecular complexity index is 525. The van der Waals surface area contributed by atoms with E-state index in [1.807, 2.05) is 29.2 Å². The number of ether oxygens (including phenoxy) is 2. The average Bonchev–Trinajstić information content (AvgIpc) is 3.14. The zero-order valence-corrected chi connectivity index (χ0v) is 14.0. The lowest BCUT2D eigenvalue weighted by Crippen LogP contribution is -2.45. The van der Waals surface area contributed by atoms with E-state index < -0.39 is 0 Å². The Hall–Kier alpha value is -1.55. The zero-order chi connectivity index (χ0) is 16.1. The van der Waals surface area contributed by atoms with Gasteiger partial charge in [0.25, 0.3) is 0 Å². The second-order valence-corrected chi connectivity index (χ2v) is 6.69. The highest BCUT2D eigenvalue weighted by atomic mass is 16.5. The van der Waals surface area contributed by atoms with Gasteiger partial charge in [-0.2, -0.15) is 0 Å². The van der Waals surface area contributed by atoms with Crippen LogP contribution in [0.15, 0.2) is 24.3 Å². The SMILES string of the molecule is COc1cccc(COC2CCCN(C(=O)C3CCCC3)C2)c1. The van der Waals surface area contributed by atoms with E-state index in [4.69, 9.17) is 9.47 Å². The lowest BCUT2D eigenvalue weighted by Gasteiger charge is -2.34. The Morgan fingerprint density at radius 1 is 1.22 bits per heavy atom. The van der Waals surface area contributed by atoms with E-state index in [0.717, 1.165) is 50.1 Å². The summed E-state index contributed by atoms with van der Waals surface area (Å²) in [7, 11) is 1.67. The minimum atomic E-state index is 0.153. The number of hydrogen-bond donors (Lipinski definition) is 0. The molecule has 3 rings (SSSR count). The number of likely N-dealkylation sites (tertiary alicyclic amines) is 1. The van der Waals surface area contributed by atoms with Crippen molar-refractivity contribution in [2.24, 2.45) is 5.92 Å². The summed E-state index contributed by atoms with van der Waals surface area (Å²) in [4.78, 5) is 14.6. The molecule has 0 radical (unpaired) electrons. The van der Waals surface area contributed by atoms with E-state index in [0.29, 0.717) is 12.5 Å². The molecule has 0 spiro atoms. The van der Waals surface area contributed by atoms with Gasteiger partial charge in [-0.1, -0.05) is 25.0 Å². The molecule has 23 heavy (non-hydrogen) atoms. The number of methoxy groups -OCH3 is 1. The number of piperidine rings is 1. The van der Waals surface area contributed by atoms with E-state index in [1.54, 1.807) is 7.11 Å². The van der Waals surface area contributed by atoms with Gasteiger partial charge in [-0.3, -0.25) is 4.79 Å². The topological polar surface area (TPSA) is 38.8 Å². The van der Waals surface area contributed by atoms with Crippen molar-refractivity contribution >= 4 is 5.91 Å². The molecule has 0 bridgehead atoms. The first-order chi connectivity index (χ1) is 11.3. The van der Waals surface area contributed by atoms with E-state index in [1.165, 1.54) is 12.8 Å². The fourth-order valence-electron chi connectivity index (χ4n) is 3.68. The maximum atomic E-state index is 12.6. The number of benzene rings is 1. The third-order valence-corrected chi connectivity index (χ3v) is 5.01. The highest BCUT2D eigenvalue weighted by Gasteiger charge is 2.30. The molecule has 0 N–H and O–H groups in total. The summed E-state index contributed by atoms with van der Waals surface area (Å²) in [5.74, 6) is 1.48. The largest absolute Gasteiger partial charge is 0.497 e. The number of rotatable bonds is 5. The van der Waals surface area contributed by atoms with Crippen LogP contribution < -0.4 is 4.74 Å². The van der Waals surface area contributed by atoms with Crippen molar-refractivity contribution in [3.8, 4) is 5.75 Å². The van der Waals surface area contributed by atoms with E-state index in [2.05, 4.69) is 0 Å². The lowest BCUT2D eigenvalue weighted by molar-refractivity contribution is -0.139. The fraction of sp³-hybridized carbons (Fsp3) is 0.632. The zero-order valence-electron chi connectivity index (χ0n) is 14.0. The van der Waals surface area contributed by atoms with Crippen LogP contribution in [0.5, 0.6) is 5.75 Å². The Morgan fingerprint density at radius 3 is 2.83 bits per heavy atom. The van der Waals surface area contributed by atoms with Crippen molar-refractivity contribution in [2.75, 3.05) is 20.2 Å². The van der Waals surface area contributed by atoms with Crippen LogP contribution in [0.2, 0.25) is 0 Å². The summed E-state index contributed by atoms with van der Waals surface area (Å²) < 4.78 is 11.3. The van der Waals surface area contributed by atoms with Gasteiger partial charge in [0.05, 0.1) is 19.8 Å². The first-order valence-electron chi connectivity index (χ1n) is 8.79. The van der Waals surface area contributed by atoms with Crippen molar-refractivity contribution in [1.29, 1.82) is 0 Å². The van der Waals surface area contributed by atoms with Crippen LogP contribution in [0.1, 0.15) is 44.1 Å². The third-order valence-electron chi connectivity index (χ3n) is 5.01. The molecule has 1 amide bonds. The van der Waals surface area contributed by atoms with Gasteiger partial charge in [-0.15, -0.1) is 0 Å². The molecule has 1 heterocycles. The molecule has 1 saturated carbocycles. The quantitative estimate of drug-likeness (QED) is 0.835. The van der Waals surface area contributed by atoms with Crippen LogP contribution in [-0.2, 0) is 16.1 Å². The Balaban J connectivity index is 1.51. The number of hydrogen-bond acceptors (Lipinski definition) is 3. The highest BCUT2D eigenvalue weighted by Crippen LogP contribution is 2.28. The number of nitrogens with zero attached hydrogens (tertiary/aromatic N) is 1. The van der Waals surface area contributed by atoms with Crippen molar-refractivity contribution in [1.82, 2.24) is 4.90 Å². The molecule has 1 aromatic carbocycles. The maximum absolute atomic E-state index is 12.6. The summed E-state index contributed by atoms with van der Waals surface area (Å²) >= 11 is 0. The predicted molar refractivity (Wildman–Crippen MR) is 89.3 cm³/mol. The van der Waals surface area contributed by atoms with Crippen molar-refractivity contribution in [2.45, 2.75) is 51.2 Å². The van der Waals surface area contributed by atoms with Gasteiger partial charge in [0.2, 0.25) is 5.91 Å². The molecule has 2 aliphatic rings. The van der Waals surface area contributed by atoms with Gasteiger partial charge in [-0.25, -0.2) is 0 Å². The van der Waals surface area contributed by atoms with E-state index in [9.17, 15) is 4.79 Å². The molecule has 4 nitrogen and oxygen atoms in total. The molecule has 1 aliphatic heterocycles. The minimum Gasteiger partial charge on any atom is -0.497 e. The molecular formula is C19H27NO3. The second kappa shape index (κ2) is 7.82. The van der Waals surface area contributed by atoms with Crippen LogP contribution in [0.4, 0.5) is 0 Å². The standard InChI is InChI=1S/C19H27NO3/c1-22-17-9-4-6-15(12-17)14-23-18-10-5-11-20(13-18)19(21)16-7-2-3-8-16/h4,6,9,12,16,18H,2-3,5,7-8,10-11,13-14H2,1H3. The summed E-state index contributed by atoms with van der Waals surface area (Å²) in [5.41, 5.74) is 1.11. The molecule has 126 valence electrons. The molecule has 1 aromatic rings. The summed E-state index contributed by atoms with van der Waals surface area (Å²) in [5, 5.41) is 0. The Labute approximate surface area is 138 Å². The maximum Gasteiger partial charge on any atom is 0.225 e. The smallest absolute Gasteiger partial charge is 0.225 e. The number of carbonyl (C=O) groups excluding carboxylic acids is 1. The van der Waals surface area contributed by atoms with Crippen LogP contribution in [0, 0.1) is 5.92 Å². The number of amides is 1. The number of carbonyl (C=O) groups is 1. The molecule has 1 aliphatic carbocycles. The minimum absolute atomic E-state index is 0.153.